The van der Waals surface area contributed by atoms with Gasteiger partial charge in [0.1, 0.15) is 0 Å². The van der Waals surface area contributed by atoms with E-state index in [4.69, 9.17) is 0 Å². The summed E-state index contributed by atoms with van der Waals surface area (Å²) in [7, 11) is 1.44. The van der Waals surface area contributed by atoms with Gasteiger partial charge in [0.25, 0.3) is 0 Å². The fourth-order valence-electron chi connectivity index (χ4n) is 1.47. The van der Waals surface area contributed by atoms with Crippen molar-refractivity contribution in [3.05, 3.63) is 0 Å². The van der Waals surface area contributed by atoms with E-state index in [-0.39, 0.29) is 10.7 Å². The van der Waals surface area contributed by atoms with Gasteiger partial charge in [0.05, 0.1) is 7.11 Å². The zero-order valence-corrected chi connectivity index (χ0v) is 12.7. The van der Waals surface area contributed by atoms with Crippen LogP contribution in [0.1, 0.15) is 59.8 Å². The van der Waals surface area contributed by atoms with Gasteiger partial charge in [-0.3, -0.25) is 9.52 Å². The van der Waals surface area contributed by atoms with E-state index < -0.39 is 0 Å². The summed E-state index contributed by atoms with van der Waals surface area (Å²) in [4.78, 5) is 11.0. The molecule has 3 nitrogen and oxygen atoms in total. The van der Waals surface area contributed by atoms with Gasteiger partial charge in [-0.05, 0) is 40.0 Å². The zero-order valence-electron chi connectivity index (χ0n) is 11.8. The Bertz CT molecular complexity index is 214. The molecule has 0 spiro atoms. The first-order valence-electron chi connectivity index (χ1n) is 6.39. The van der Waals surface area contributed by atoms with Crippen LogP contribution in [0.15, 0.2) is 0 Å². The molecular formula is C13H27NO2S. The van der Waals surface area contributed by atoms with Crippen LogP contribution >= 0.6 is 11.9 Å². The molecule has 1 atom stereocenters. The lowest BCUT2D eigenvalue weighted by Gasteiger charge is -2.23. The van der Waals surface area contributed by atoms with E-state index in [1.165, 1.54) is 13.5 Å². The molecule has 0 saturated carbocycles. The largest absolute Gasteiger partial charge is 0.469 e. The first kappa shape index (κ1) is 16.8. The van der Waals surface area contributed by atoms with Gasteiger partial charge in [-0.1, -0.05) is 25.3 Å². The van der Waals surface area contributed by atoms with Crippen LogP contribution < -0.4 is 4.72 Å². The number of hydrogen-bond acceptors (Lipinski definition) is 4. The van der Waals surface area contributed by atoms with E-state index in [1.807, 2.05) is 0 Å². The SMILES string of the molecule is CCC[C@H](CCCC(=O)OC)NSC(C)(C)C. The number of rotatable bonds is 8. The standard InChI is InChI=1S/C13H27NO2S/c1-6-8-11(14-17-13(2,3)4)9-7-10-12(15)16-5/h11,14H,6-10H2,1-5H3/t11-/m1/s1. The van der Waals surface area contributed by atoms with Crippen LogP contribution in [0.5, 0.6) is 0 Å². The van der Waals surface area contributed by atoms with Crippen LogP contribution in [-0.4, -0.2) is 23.9 Å². The van der Waals surface area contributed by atoms with Crippen LogP contribution in [-0.2, 0) is 9.53 Å². The lowest BCUT2D eigenvalue weighted by atomic mass is 10.1. The van der Waals surface area contributed by atoms with Crippen molar-refractivity contribution in [3.8, 4) is 0 Å². The molecular weight excluding hydrogens is 234 g/mol. The van der Waals surface area contributed by atoms with Gasteiger partial charge in [0, 0.05) is 17.2 Å². The normalized spacial score (nSPS) is 13.5. The predicted molar refractivity (Wildman–Crippen MR) is 75.0 cm³/mol. The highest BCUT2D eigenvalue weighted by atomic mass is 32.2. The fraction of sp³-hybridized carbons (Fsp3) is 0.923. The molecule has 0 radical (unpaired) electrons. The summed E-state index contributed by atoms with van der Waals surface area (Å²) in [5.74, 6) is -0.108. The molecule has 17 heavy (non-hydrogen) atoms. The first-order valence-corrected chi connectivity index (χ1v) is 7.21. The van der Waals surface area contributed by atoms with Gasteiger partial charge < -0.3 is 4.74 Å². The van der Waals surface area contributed by atoms with Gasteiger partial charge in [0.15, 0.2) is 0 Å². The molecule has 0 fully saturated rings. The molecule has 4 heteroatoms. The minimum atomic E-state index is -0.108. The molecule has 1 N–H and O–H groups in total. The first-order chi connectivity index (χ1) is 7.89. The molecule has 0 aromatic heterocycles. The summed E-state index contributed by atoms with van der Waals surface area (Å²) in [5, 5.41) is 0. The van der Waals surface area contributed by atoms with E-state index >= 15 is 0 Å². The number of esters is 1. The Labute approximate surface area is 110 Å². The number of carbonyl (C=O) groups excluding carboxylic acids is 1. The third-order valence-electron chi connectivity index (χ3n) is 2.33. The Morgan fingerprint density at radius 2 is 2.00 bits per heavy atom. The monoisotopic (exact) mass is 261 g/mol. The van der Waals surface area contributed by atoms with Gasteiger partial charge in [-0.15, -0.1) is 0 Å². The number of nitrogens with one attached hydrogen (secondary N) is 1. The fourth-order valence-corrected chi connectivity index (χ4v) is 2.22. The van der Waals surface area contributed by atoms with Crippen molar-refractivity contribution >= 4 is 17.9 Å². The van der Waals surface area contributed by atoms with Crippen molar-refractivity contribution in [1.29, 1.82) is 0 Å². The van der Waals surface area contributed by atoms with Gasteiger partial charge in [0.2, 0.25) is 0 Å². The summed E-state index contributed by atoms with van der Waals surface area (Å²) in [5.41, 5.74) is 0. The van der Waals surface area contributed by atoms with Gasteiger partial charge >= 0.3 is 5.97 Å². The Balaban J connectivity index is 3.86. The molecule has 0 heterocycles. The maximum Gasteiger partial charge on any atom is 0.305 e. The number of carbonyl (C=O) groups is 1. The van der Waals surface area contributed by atoms with E-state index in [0.29, 0.717) is 12.5 Å². The Kier molecular flexibility index (Phi) is 8.70. The molecule has 0 unspecified atom stereocenters. The average Bonchev–Trinajstić information content (AvgIpc) is 2.24. The molecule has 0 aliphatic heterocycles. The van der Waals surface area contributed by atoms with Crippen molar-refractivity contribution in [2.75, 3.05) is 7.11 Å². The highest BCUT2D eigenvalue weighted by Crippen LogP contribution is 2.22. The lowest BCUT2D eigenvalue weighted by molar-refractivity contribution is -0.140. The van der Waals surface area contributed by atoms with Crippen LogP contribution in [0.2, 0.25) is 0 Å². The Hall–Kier alpha value is -0.220. The minimum absolute atomic E-state index is 0.108. The van der Waals surface area contributed by atoms with E-state index in [0.717, 1.165) is 19.3 Å². The average molecular weight is 261 g/mol. The molecule has 0 rings (SSSR count). The second-order valence-electron chi connectivity index (χ2n) is 5.29. The smallest absolute Gasteiger partial charge is 0.305 e. The predicted octanol–water partition coefficient (Wildman–Crippen LogP) is 3.53. The third kappa shape index (κ3) is 10.6. The molecule has 0 aromatic rings. The molecule has 0 aliphatic rings. The molecule has 0 aliphatic carbocycles. The number of ether oxygens (including phenoxy) is 1. The molecule has 0 saturated heterocycles. The number of hydrogen-bond donors (Lipinski definition) is 1. The van der Waals surface area contributed by atoms with Crippen LogP contribution in [0.25, 0.3) is 0 Å². The number of methoxy groups -OCH3 is 1. The van der Waals surface area contributed by atoms with Gasteiger partial charge in [-0.25, -0.2) is 0 Å². The third-order valence-corrected chi connectivity index (χ3v) is 3.39. The Morgan fingerprint density at radius 3 is 2.47 bits per heavy atom. The zero-order chi connectivity index (χ0) is 13.3. The van der Waals surface area contributed by atoms with Crippen LogP contribution in [0.4, 0.5) is 0 Å². The topological polar surface area (TPSA) is 38.3 Å². The second-order valence-corrected chi connectivity index (χ2v) is 6.95. The minimum Gasteiger partial charge on any atom is -0.469 e. The molecule has 102 valence electrons. The maximum absolute atomic E-state index is 11.0. The van der Waals surface area contributed by atoms with Crippen molar-refractivity contribution in [3.63, 3.8) is 0 Å². The van der Waals surface area contributed by atoms with Crippen LogP contribution in [0.3, 0.4) is 0 Å². The summed E-state index contributed by atoms with van der Waals surface area (Å²) >= 11 is 1.78. The van der Waals surface area contributed by atoms with Crippen molar-refractivity contribution in [2.24, 2.45) is 0 Å². The maximum atomic E-state index is 11.0. The molecule has 0 amide bonds. The van der Waals surface area contributed by atoms with E-state index in [2.05, 4.69) is 37.2 Å². The summed E-state index contributed by atoms with van der Waals surface area (Å²) in [6, 6.07) is 0.494. The second kappa shape index (κ2) is 8.81. The summed E-state index contributed by atoms with van der Waals surface area (Å²) < 4.78 is 8.39. The van der Waals surface area contributed by atoms with E-state index in [1.54, 1.807) is 11.9 Å². The molecule has 0 aromatic carbocycles. The highest BCUT2D eigenvalue weighted by Gasteiger charge is 2.15. The van der Waals surface area contributed by atoms with E-state index in [9.17, 15) is 4.79 Å². The highest BCUT2D eigenvalue weighted by molar-refractivity contribution is 7.98. The van der Waals surface area contributed by atoms with Crippen molar-refractivity contribution in [1.82, 2.24) is 4.72 Å². The van der Waals surface area contributed by atoms with Gasteiger partial charge in [-0.2, -0.15) is 0 Å². The molecule has 0 bridgehead atoms. The lowest BCUT2D eigenvalue weighted by Crippen LogP contribution is -2.28. The Morgan fingerprint density at radius 1 is 1.35 bits per heavy atom. The quantitative estimate of drug-likeness (QED) is 0.536. The summed E-state index contributed by atoms with van der Waals surface area (Å²) in [6.45, 7) is 8.78. The van der Waals surface area contributed by atoms with Crippen molar-refractivity contribution in [2.45, 2.75) is 70.6 Å². The summed E-state index contributed by atoms with van der Waals surface area (Å²) in [6.07, 6.45) is 4.78. The van der Waals surface area contributed by atoms with Crippen molar-refractivity contribution < 1.29 is 9.53 Å². The van der Waals surface area contributed by atoms with Crippen LogP contribution in [0, 0.1) is 0 Å².